The van der Waals surface area contributed by atoms with Gasteiger partial charge in [0, 0.05) is 53.7 Å². The van der Waals surface area contributed by atoms with Crippen LogP contribution in [0, 0.1) is 0 Å². The lowest BCUT2D eigenvalue weighted by Gasteiger charge is -2.26. The largest absolute Gasteiger partial charge is 0.450 e. The molecule has 2 aromatic heterocycles. The number of pyridine rings is 1. The van der Waals surface area contributed by atoms with Gasteiger partial charge in [-0.25, -0.2) is 9.78 Å². The first kappa shape index (κ1) is 19.3. The molecule has 1 saturated heterocycles. The fourth-order valence-corrected chi connectivity index (χ4v) is 4.22. The molecule has 0 spiro atoms. The predicted octanol–water partition coefficient (Wildman–Crippen LogP) is 3.78. The Labute approximate surface area is 173 Å². The number of hydrogen-bond donors (Lipinski definition) is 1. The van der Waals surface area contributed by atoms with Gasteiger partial charge in [0.1, 0.15) is 5.65 Å². The van der Waals surface area contributed by atoms with Crippen LogP contribution in [0.3, 0.4) is 0 Å². The first-order valence-electron chi connectivity index (χ1n) is 9.54. The van der Waals surface area contributed by atoms with Crippen LogP contribution in [0.2, 0.25) is 0 Å². The van der Waals surface area contributed by atoms with Gasteiger partial charge in [0.15, 0.2) is 0 Å². The maximum Gasteiger partial charge on any atom is 0.411 e. The molecule has 3 heterocycles. The Morgan fingerprint density at radius 2 is 2.03 bits per heavy atom. The molecule has 1 aliphatic rings. The molecule has 0 unspecified atom stereocenters. The van der Waals surface area contributed by atoms with E-state index in [-0.39, 0.29) is 5.91 Å². The van der Waals surface area contributed by atoms with Crippen molar-refractivity contribution in [1.29, 1.82) is 0 Å². The maximum absolute atomic E-state index is 12.7. The highest BCUT2D eigenvalue weighted by Gasteiger charge is 2.19. The number of carbonyl (C=O) groups excluding carboxylic acids is 2. The lowest BCUT2D eigenvalue weighted by Crippen LogP contribution is -2.37. The molecule has 3 aromatic rings. The van der Waals surface area contributed by atoms with Crippen LogP contribution in [0.25, 0.3) is 16.7 Å². The number of anilines is 1. The van der Waals surface area contributed by atoms with Crippen molar-refractivity contribution in [2.75, 3.05) is 36.5 Å². The van der Waals surface area contributed by atoms with Gasteiger partial charge in [0.25, 0.3) is 5.91 Å². The van der Waals surface area contributed by atoms with E-state index in [4.69, 9.17) is 4.74 Å². The second-order valence-electron chi connectivity index (χ2n) is 6.62. The highest BCUT2D eigenvalue weighted by Crippen LogP contribution is 2.23. The van der Waals surface area contributed by atoms with Crippen LogP contribution < -0.4 is 5.32 Å². The van der Waals surface area contributed by atoms with E-state index in [1.807, 2.05) is 57.8 Å². The molecule has 1 fully saturated rings. The molecule has 8 heteroatoms. The number of nitrogens with one attached hydrogen (secondary N) is 1. The standard InChI is InChI=1S/C21H22N4O3S/c1-2-28-21(27)23-17-4-3-5-18(13-17)25-7-6-15-12-16(14-22-19(15)25)20(26)24-8-10-29-11-9-24/h3-7,12-14H,2,8-11H2,1H3,(H,23,27). The number of hydrogen-bond acceptors (Lipinski definition) is 5. The second kappa shape index (κ2) is 8.57. The Hall–Kier alpha value is -3.00. The van der Waals surface area contributed by atoms with Crippen LogP contribution in [0.4, 0.5) is 10.5 Å². The molecule has 7 nitrogen and oxygen atoms in total. The van der Waals surface area contributed by atoms with Gasteiger partial charge in [-0.05, 0) is 37.3 Å². The Morgan fingerprint density at radius 3 is 2.83 bits per heavy atom. The number of carbonyl (C=O) groups is 2. The number of ether oxygens (including phenoxy) is 1. The lowest BCUT2D eigenvalue weighted by molar-refractivity contribution is 0.0772. The maximum atomic E-state index is 12.7. The minimum atomic E-state index is -0.487. The third-order valence-electron chi connectivity index (χ3n) is 4.72. The third kappa shape index (κ3) is 4.22. The number of thioether (sulfide) groups is 1. The van der Waals surface area contributed by atoms with Gasteiger partial charge in [-0.1, -0.05) is 6.07 Å². The summed E-state index contributed by atoms with van der Waals surface area (Å²) in [6, 6.07) is 11.3. The average molecular weight is 410 g/mol. The monoisotopic (exact) mass is 410 g/mol. The van der Waals surface area contributed by atoms with Crippen molar-refractivity contribution in [2.45, 2.75) is 6.92 Å². The predicted molar refractivity (Wildman–Crippen MR) is 115 cm³/mol. The minimum Gasteiger partial charge on any atom is -0.450 e. The van der Waals surface area contributed by atoms with Crippen LogP contribution in [0.5, 0.6) is 0 Å². The zero-order chi connectivity index (χ0) is 20.2. The van der Waals surface area contributed by atoms with Gasteiger partial charge in [0.05, 0.1) is 12.2 Å². The highest BCUT2D eigenvalue weighted by atomic mass is 32.2. The quantitative estimate of drug-likeness (QED) is 0.708. The second-order valence-corrected chi connectivity index (χ2v) is 7.85. The van der Waals surface area contributed by atoms with E-state index in [1.165, 1.54) is 0 Å². The molecule has 0 bridgehead atoms. The molecular formula is C21H22N4O3S. The number of fused-ring (bicyclic) bond motifs is 1. The van der Waals surface area contributed by atoms with E-state index >= 15 is 0 Å². The Kier molecular flexibility index (Phi) is 5.71. The first-order chi connectivity index (χ1) is 14.2. The van der Waals surface area contributed by atoms with Crippen molar-refractivity contribution in [2.24, 2.45) is 0 Å². The van der Waals surface area contributed by atoms with Crippen LogP contribution in [0.1, 0.15) is 17.3 Å². The van der Waals surface area contributed by atoms with Gasteiger partial charge in [0.2, 0.25) is 0 Å². The summed E-state index contributed by atoms with van der Waals surface area (Å²) in [5.41, 5.74) is 2.86. The van der Waals surface area contributed by atoms with Gasteiger partial charge in [-0.2, -0.15) is 11.8 Å². The normalized spacial score (nSPS) is 14.0. The molecule has 29 heavy (non-hydrogen) atoms. The summed E-state index contributed by atoms with van der Waals surface area (Å²) in [4.78, 5) is 30.8. The number of rotatable bonds is 4. The fourth-order valence-electron chi connectivity index (χ4n) is 3.32. The van der Waals surface area contributed by atoms with E-state index in [2.05, 4.69) is 10.3 Å². The summed E-state index contributed by atoms with van der Waals surface area (Å²) in [6.45, 7) is 3.64. The molecule has 2 amide bonds. The number of nitrogens with zero attached hydrogens (tertiary/aromatic N) is 3. The average Bonchev–Trinajstić information content (AvgIpc) is 3.17. The molecule has 1 aromatic carbocycles. The molecule has 1 N–H and O–H groups in total. The van der Waals surface area contributed by atoms with E-state index in [0.717, 1.165) is 41.3 Å². The van der Waals surface area contributed by atoms with E-state index in [0.29, 0.717) is 17.9 Å². The zero-order valence-corrected chi connectivity index (χ0v) is 16.9. The molecule has 1 aliphatic heterocycles. The van der Waals surface area contributed by atoms with Crippen LogP contribution >= 0.6 is 11.8 Å². The summed E-state index contributed by atoms with van der Waals surface area (Å²) >= 11 is 1.88. The summed E-state index contributed by atoms with van der Waals surface area (Å²) < 4.78 is 6.85. The molecule has 0 saturated carbocycles. The smallest absolute Gasteiger partial charge is 0.411 e. The molecule has 4 rings (SSSR count). The molecule has 0 aliphatic carbocycles. The lowest BCUT2D eigenvalue weighted by atomic mass is 10.2. The van der Waals surface area contributed by atoms with Gasteiger partial charge < -0.3 is 14.2 Å². The van der Waals surface area contributed by atoms with Gasteiger partial charge >= 0.3 is 6.09 Å². The van der Waals surface area contributed by atoms with Crippen LogP contribution in [-0.4, -0.2) is 57.7 Å². The van der Waals surface area contributed by atoms with E-state index < -0.39 is 6.09 Å². The van der Waals surface area contributed by atoms with Crippen molar-refractivity contribution < 1.29 is 14.3 Å². The highest BCUT2D eigenvalue weighted by molar-refractivity contribution is 7.99. The van der Waals surface area contributed by atoms with Gasteiger partial charge in [-0.3, -0.25) is 10.1 Å². The SMILES string of the molecule is CCOC(=O)Nc1cccc(-n2ccc3cc(C(=O)N4CCSCC4)cnc32)c1. The third-order valence-corrected chi connectivity index (χ3v) is 5.66. The Bertz CT molecular complexity index is 1040. The molecular weight excluding hydrogens is 388 g/mol. The summed E-state index contributed by atoms with van der Waals surface area (Å²) in [7, 11) is 0. The number of amides is 2. The Balaban J connectivity index is 1.59. The van der Waals surface area contributed by atoms with E-state index in [9.17, 15) is 9.59 Å². The first-order valence-corrected chi connectivity index (χ1v) is 10.7. The molecule has 0 radical (unpaired) electrons. The number of aromatic nitrogens is 2. The minimum absolute atomic E-state index is 0.0353. The van der Waals surface area contributed by atoms with Crippen molar-refractivity contribution in [1.82, 2.24) is 14.5 Å². The van der Waals surface area contributed by atoms with Crippen molar-refractivity contribution in [3.63, 3.8) is 0 Å². The fraction of sp³-hybridized carbons (Fsp3) is 0.286. The van der Waals surface area contributed by atoms with Crippen molar-refractivity contribution in [3.8, 4) is 5.69 Å². The van der Waals surface area contributed by atoms with Crippen molar-refractivity contribution in [3.05, 3.63) is 54.4 Å². The van der Waals surface area contributed by atoms with Crippen LogP contribution in [-0.2, 0) is 4.74 Å². The summed E-state index contributed by atoms with van der Waals surface area (Å²) in [6.07, 6.45) is 3.07. The zero-order valence-electron chi connectivity index (χ0n) is 16.1. The van der Waals surface area contributed by atoms with Gasteiger partial charge in [-0.15, -0.1) is 0 Å². The number of benzene rings is 1. The topological polar surface area (TPSA) is 76.5 Å². The summed E-state index contributed by atoms with van der Waals surface area (Å²) in [5, 5.41) is 3.60. The van der Waals surface area contributed by atoms with Crippen LogP contribution in [0.15, 0.2) is 48.8 Å². The van der Waals surface area contributed by atoms with E-state index in [1.54, 1.807) is 19.2 Å². The molecule has 0 atom stereocenters. The van der Waals surface area contributed by atoms with Crippen molar-refractivity contribution >= 4 is 40.5 Å². The summed E-state index contributed by atoms with van der Waals surface area (Å²) in [5.74, 6) is 2.00. The molecule has 150 valence electrons. The Morgan fingerprint density at radius 1 is 1.21 bits per heavy atom.